The van der Waals surface area contributed by atoms with Gasteiger partial charge in [-0.2, -0.15) is 0 Å². The summed E-state index contributed by atoms with van der Waals surface area (Å²) in [6, 6.07) is -7.48. The van der Waals surface area contributed by atoms with Gasteiger partial charge in [-0.1, -0.05) is 54.4 Å². The molecule has 0 aliphatic rings. The van der Waals surface area contributed by atoms with Crippen LogP contribution in [0, 0.1) is 17.8 Å². The Morgan fingerprint density at radius 1 is 0.528 bits per heavy atom. The molecular weight excluding hydrogens is 692 g/mol. The maximum Gasteiger partial charge on any atom is 0.243 e. The Bertz CT molecular complexity index is 1300. The number of carbonyl (C=O) groups excluding carboxylic acids is 9. The van der Waals surface area contributed by atoms with E-state index in [1.54, 1.807) is 41.5 Å². The van der Waals surface area contributed by atoms with Crippen molar-refractivity contribution in [1.82, 2.24) is 31.9 Å². The lowest BCUT2D eigenvalue weighted by Crippen LogP contribution is -2.62. The van der Waals surface area contributed by atoms with Gasteiger partial charge in [-0.3, -0.25) is 43.2 Å². The molecule has 0 saturated heterocycles. The van der Waals surface area contributed by atoms with E-state index in [1.807, 2.05) is 0 Å². The van der Waals surface area contributed by atoms with E-state index < -0.39 is 108 Å². The zero-order valence-electron chi connectivity index (χ0n) is 32.0. The molecule has 8 atom stereocenters. The van der Waals surface area contributed by atoms with Crippen molar-refractivity contribution >= 4 is 53.2 Å². The summed E-state index contributed by atoms with van der Waals surface area (Å²) >= 11 is 0. The lowest BCUT2D eigenvalue weighted by atomic mass is 9.94. The van der Waals surface area contributed by atoms with Gasteiger partial charge in [0.1, 0.15) is 36.3 Å². The van der Waals surface area contributed by atoms with Gasteiger partial charge in [0.05, 0.1) is 6.42 Å². The molecule has 9 amide bonds. The van der Waals surface area contributed by atoms with Crippen molar-refractivity contribution in [3.05, 3.63) is 0 Å². The van der Waals surface area contributed by atoms with Crippen LogP contribution in [0.5, 0.6) is 0 Å². The molecule has 14 N–H and O–H groups in total. The number of hydrogen-bond acceptors (Lipinski definition) is 10. The van der Waals surface area contributed by atoms with E-state index in [0.29, 0.717) is 32.2 Å². The lowest BCUT2D eigenvalue weighted by Gasteiger charge is -2.31. The van der Waals surface area contributed by atoms with Crippen LogP contribution >= 0.6 is 0 Å². The van der Waals surface area contributed by atoms with E-state index in [0.717, 1.165) is 0 Å². The first-order chi connectivity index (χ1) is 24.7. The number of hydrogen-bond donors (Lipinski definition) is 10. The van der Waals surface area contributed by atoms with Crippen LogP contribution in [0.4, 0.5) is 0 Å². The number of carbonyl (C=O) groups is 9. The normalized spacial score (nSPS) is 15.6. The highest BCUT2D eigenvalue weighted by molar-refractivity contribution is 5.98. The molecule has 53 heavy (non-hydrogen) atoms. The topological polar surface area (TPSA) is 330 Å². The van der Waals surface area contributed by atoms with Gasteiger partial charge in [0.2, 0.25) is 53.2 Å². The van der Waals surface area contributed by atoms with Crippen LogP contribution in [-0.4, -0.2) is 96.0 Å². The summed E-state index contributed by atoms with van der Waals surface area (Å²) in [7, 11) is 0. The molecule has 0 fully saturated rings. The summed E-state index contributed by atoms with van der Waals surface area (Å²) in [4.78, 5) is 115. The Morgan fingerprint density at radius 2 is 0.981 bits per heavy atom. The van der Waals surface area contributed by atoms with Crippen molar-refractivity contribution in [3.8, 4) is 0 Å². The summed E-state index contributed by atoms with van der Waals surface area (Å²) in [5.74, 6) is -8.37. The third kappa shape index (κ3) is 18.0. The Labute approximate surface area is 311 Å². The minimum atomic E-state index is -1.52. The average molecular weight is 755 g/mol. The summed E-state index contributed by atoms with van der Waals surface area (Å²) in [6.45, 7) is 11.9. The highest BCUT2D eigenvalue weighted by Gasteiger charge is 2.36. The fourth-order valence-electron chi connectivity index (χ4n) is 5.19. The van der Waals surface area contributed by atoms with Gasteiger partial charge in [0.15, 0.2) is 0 Å². The van der Waals surface area contributed by atoms with E-state index in [-0.39, 0.29) is 25.2 Å². The molecule has 0 radical (unpaired) electrons. The van der Waals surface area contributed by atoms with Crippen LogP contribution in [-0.2, 0) is 43.2 Å². The van der Waals surface area contributed by atoms with E-state index in [1.165, 1.54) is 6.92 Å². The van der Waals surface area contributed by atoms with Crippen molar-refractivity contribution in [2.75, 3.05) is 6.54 Å². The van der Waals surface area contributed by atoms with Crippen molar-refractivity contribution in [3.63, 3.8) is 0 Å². The third-order valence-corrected chi connectivity index (χ3v) is 8.85. The fourth-order valence-corrected chi connectivity index (χ4v) is 5.19. The maximum atomic E-state index is 13.9. The van der Waals surface area contributed by atoms with Crippen LogP contribution in [0.1, 0.15) is 99.8 Å². The molecule has 0 aromatic heterocycles. The second-order valence-corrected chi connectivity index (χ2v) is 13.7. The van der Waals surface area contributed by atoms with Crippen LogP contribution in [0.3, 0.4) is 0 Å². The molecule has 0 bridgehead atoms. The van der Waals surface area contributed by atoms with E-state index in [2.05, 4.69) is 31.9 Å². The number of primary amides is 3. The van der Waals surface area contributed by atoms with Crippen LogP contribution in [0.25, 0.3) is 0 Å². The van der Waals surface area contributed by atoms with Gasteiger partial charge in [0, 0.05) is 13.3 Å². The second kappa shape index (κ2) is 24.4. The third-order valence-electron chi connectivity index (χ3n) is 8.85. The second-order valence-electron chi connectivity index (χ2n) is 13.7. The molecule has 302 valence electrons. The number of unbranched alkanes of at least 4 members (excludes halogenated alkanes) is 1. The van der Waals surface area contributed by atoms with Crippen LogP contribution in [0.2, 0.25) is 0 Å². The first-order valence-electron chi connectivity index (χ1n) is 18.0. The van der Waals surface area contributed by atoms with Crippen molar-refractivity contribution < 1.29 is 43.2 Å². The molecule has 19 heteroatoms. The number of rotatable bonds is 26. The smallest absolute Gasteiger partial charge is 0.243 e. The summed E-state index contributed by atoms with van der Waals surface area (Å²) in [5.41, 5.74) is 21.6. The van der Waals surface area contributed by atoms with E-state index in [9.17, 15) is 43.2 Å². The predicted molar refractivity (Wildman–Crippen MR) is 195 cm³/mol. The number of nitrogens with one attached hydrogen (secondary N) is 6. The van der Waals surface area contributed by atoms with E-state index >= 15 is 0 Å². The van der Waals surface area contributed by atoms with Gasteiger partial charge < -0.3 is 54.8 Å². The molecule has 0 aromatic rings. The van der Waals surface area contributed by atoms with Gasteiger partial charge >= 0.3 is 0 Å². The molecule has 0 heterocycles. The molecule has 0 saturated carbocycles. The average Bonchev–Trinajstić information content (AvgIpc) is 3.07. The molecule has 0 spiro atoms. The Hall–Kier alpha value is -4.81. The first kappa shape index (κ1) is 48.2. The Morgan fingerprint density at radius 3 is 1.42 bits per heavy atom. The molecule has 0 rings (SSSR count). The molecule has 19 nitrogen and oxygen atoms in total. The largest absolute Gasteiger partial charge is 0.370 e. The molecule has 0 aromatic carbocycles. The zero-order valence-corrected chi connectivity index (χ0v) is 32.0. The summed E-state index contributed by atoms with van der Waals surface area (Å²) < 4.78 is 0. The minimum Gasteiger partial charge on any atom is -0.370 e. The Kier molecular flexibility index (Phi) is 22.2. The lowest BCUT2D eigenvalue weighted by molar-refractivity contribution is -0.137. The number of amides is 9. The maximum absolute atomic E-state index is 13.9. The molecule has 0 aliphatic heterocycles. The number of nitrogens with two attached hydrogens (primary N) is 4. The van der Waals surface area contributed by atoms with E-state index in [4.69, 9.17) is 22.9 Å². The summed E-state index contributed by atoms with van der Waals surface area (Å²) in [6.07, 6.45) is 0.856. The molecule has 0 aliphatic carbocycles. The van der Waals surface area contributed by atoms with Crippen LogP contribution in [0.15, 0.2) is 0 Å². The molecule has 8 unspecified atom stereocenters. The van der Waals surface area contributed by atoms with Gasteiger partial charge in [-0.15, -0.1) is 0 Å². The Balaban J connectivity index is 6.34. The zero-order chi connectivity index (χ0) is 41.0. The highest BCUT2D eigenvalue weighted by atomic mass is 16.2. The van der Waals surface area contributed by atoms with Crippen molar-refractivity contribution in [2.45, 2.75) is 136 Å². The molecular formula is C34H62N10O9. The monoisotopic (exact) mass is 754 g/mol. The predicted octanol–water partition coefficient (Wildman–Crippen LogP) is -2.58. The standard InChI is InChI=1S/C34H62N10O9/c1-8-18(5)27(33(52)42-23(16-25(37)47)31(50)40-21(29(38)48)12-10-11-15-35)44-34(53)28(19(6)9-2)43-30(49)22(13-14-24(36)46)41-32(51)26(17(3)4)39-20(7)45/h17-19,21-23,26-28H,8-16,35H2,1-7H3,(H2,36,46)(H2,37,47)(H2,38,48)(H,39,45)(H,40,50)(H,41,51)(H,42,52)(H,43,49)(H,44,53). The minimum absolute atomic E-state index is 0.171. The van der Waals surface area contributed by atoms with Crippen molar-refractivity contribution in [1.29, 1.82) is 0 Å². The first-order valence-corrected chi connectivity index (χ1v) is 18.0. The van der Waals surface area contributed by atoms with Gasteiger partial charge in [0.25, 0.3) is 0 Å². The SMILES string of the molecule is CCC(C)C(NC(=O)C(CCC(N)=O)NC(=O)C(NC(C)=O)C(C)C)C(=O)NC(C(=O)NC(CC(N)=O)C(=O)NC(CCCCN)C(N)=O)C(C)CC. The highest BCUT2D eigenvalue weighted by Crippen LogP contribution is 2.14. The summed E-state index contributed by atoms with van der Waals surface area (Å²) in [5, 5.41) is 15.3. The van der Waals surface area contributed by atoms with Crippen LogP contribution < -0.4 is 54.8 Å². The fraction of sp³-hybridized carbons (Fsp3) is 0.735. The quantitative estimate of drug-likeness (QED) is 0.0411. The van der Waals surface area contributed by atoms with Crippen molar-refractivity contribution in [2.24, 2.45) is 40.7 Å². The van der Waals surface area contributed by atoms with Gasteiger partial charge in [-0.25, -0.2) is 0 Å². The van der Waals surface area contributed by atoms with Gasteiger partial charge in [-0.05, 0) is 50.0 Å².